The highest BCUT2D eigenvalue weighted by molar-refractivity contribution is 9.09. The maximum atomic E-state index is 3.41. The highest BCUT2D eigenvalue weighted by Gasteiger charge is 1.95. The number of benzene rings is 1. The fourth-order valence-corrected chi connectivity index (χ4v) is 1.68. The van der Waals surface area contributed by atoms with E-state index in [9.17, 15) is 0 Å². The normalized spacial score (nSPS) is 11.1. The Kier molecular flexibility index (Phi) is 4.95. The zero-order chi connectivity index (χ0) is 10.4. The molecule has 0 bridgehead atoms. The summed E-state index contributed by atoms with van der Waals surface area (Å²) in [5.41, 5.74) is 4.18. The van der Waals surface area contributed by atoms with E-state index in [4.69, 9.17) is 0 Å². The van der Waals surface area contributed by atoms with Crippen LogP contribution in [0.1, 0.15) is 23.1 Å². The quantitative estimate of drug-likeness (QED) is 0.557. The molecule has 0 spiro atoms. The number of rotatable bonds is 4. The molecule has 0 fully saturated rings. The molecule has 1 heteroatoms. The lowest BCUT2D eigenvalue weighted by atomic mass is 10.0. The van der Waals surface area contributed by atoms with Gasteiger partial charge in [-0.1, -0.05) is 51.8 Å². The van der Waals surface area contributed by atoms with Crippen LogP contribution in [0.2, 0.25) is 0 Å². The van der Waals surface area contributed by atoms with E-state index >= 15 is 0 Å². The van der Waals surface area contributed by atoms with Gasteiger partial charge in [-0.2, -0.15) is 0 Å². The van der Waals surface area contributed by atoms with Gasteiger partial charge in [-0.25, -0.2) is 0 Å². The Hall–Kier alpha value is -0.560. The summed E-state index contributed by atoms with van der Waals surface area (Å²) < 4.78 is 0. The monoisotopic (exact) mass is 252 g/mol. The van der Waals surface area contributed by atoms with Crippen LogP contribution in [0, 0.1) is 13.8 Å². The topological polar surface area (TPSA) is 0 Å². The SMILES string of the molecule is Cc1ccc(C)c(CC=CCCBr)c1. The minimum atomic E-state index is 1.05. The number of halogens is 1. The fourth-order valence-electron chi connectivity index (χ4n) is 1.41. The number of hydrogen-bond donors (Lipinski definition) is 0. The van der Waals surface area contributed by atoms with E-state index < -0.39 is 0 Å². The Bertz CT molecular complexity index is 313. The molecule has 0 unspecified atom stereocenters. The maximum Gasteiger partial charge on any atom is 0.00659 e. The van der Waals surface area contributed by atoms with Gasteiger partial charge in [0, 0.05) is 5.33 Å². The van der Waals surface area contributed by atoms with Crippen molar-refractivity contribution in [1.82, 2.24) is 0 Å². The van der Waals surface area contributed by atoms with E-state index in [2.05, 4.69) is 60.1 Å². The van der Waals surface area contributed by atoms with E-state index in [-0.39, 0.29) is 0 Å². The summed E-state index contributed by atoms with van der Waals surface area (Å²) in [6.07, 6.45) is 6.66. The zero-order valence-corrected chi connectivity index (χ0v) is 10.5. The molecule has 0 aromatic heterocycles. The molecular formula is C13H17Br. The Morgan fingerprint density at radius 1 is 1.21 bits per heavy atom. The first kappa shape index (κ1) is 11.5. The molecule has 0 heterocycles. The second-order valence-corrected chi connectivity index (χ2v) is 4.38. The molecular weight excluding hydrogens is 236 g/mol. The summed E-state index contributed by atoms with van der Waals surface area (Å²) >= 11 is 3.41. The molecule has 0 aliphatic rings. The predicted octanol–water partition coefficient (Wildman–Crippen LogP) is 4.19. The molecule has 0 aliphatic heterocycles. The van der Waals surface area contributed by atoms with Crippen molar-refractivity contribution < 1.29 is 0 Å². The smallest absolute Gasteiger partial charge is 0.00659 e. The molecule has 0 atom stereocenters. The van der Waals surface area contributed by atoms with Crippen molar-refractivity contribution in [1.29, 1.82) is 0 Å². The lowest BCUT2D eigenvalue weighted by molar-refractivity contribution is 1.16. The molecule has 0 nitrogen and oxygen atoms in total. The Balaban J connectivity index is 2.62. The van der Waals surface area contributed by atoms with Crippen molar-refractivity contribution in [2.24, 2.45) is 0 Å². The third-order valence-corrected chi connectivity index (χ3v) is 2.74. The van der Waals surface area contributed by atoms with Crippen LogP contribution in [0.25, 0.3) is 0 Å². The van der Waals surface area contributed by atoms with Crippen molar-refractivity contribution in [2.75, 3.05) is 5.33 Å². The van der Waals surface area contributed by atoms with Crippen molar-refractivity contribution in [3.05, 3.63) is 47.0 Å². The highest BCUT2D eigenvalue weighted by Crippen LogP contribution is 2.11. The van der Waals surface area contributed by atoms with Gasteiger partial charge in [-0.3, -0.25) is 0 Å². The van der Waals surface area contributed by atoms with Crippen LogP contribution in [0.15, 0.2) is 30.4 Å². The van der Waals surface area contributed by atoms with Gasteiger partial charge in [0.2, 0.25) is 0 Å². The van der Waals surface area contributed by atoms with Gasteiger partial charge in [0.05, 0.1) is 0 Å². The van der Waals surface area contributed by atoms with E-state index in [1.165, 1.54) is 16.7 Å². The molecule has 0 aliphatic carbocycles. The van der Waals surface area contributed by atoms with Crippen LogP contribution in [-0.4, -0.2) is 5.33 Å². The highest BCUT2D eigenvalue weighted by atomic mass is 79.9. The Labute approximate surface area is 95.2 Å². The number of allylic oxidation sites excluding steroid dienone is 2. The first-order valence-electron chi connectivity index (χ1n) is 5.01. The van der Waals surface area contributed by atoms with E-state index in [1.807, 2.05) is 0 Å². The second-order valence-electron chi connectivity index (χ2n) is 3.58. The molecule has 76 valence electrons. The summed E-state index contributed by atoms with van der Waals surface area (Å²) in [5.74, 6) is 0. The van der Waals surface area contributed by atoms with Crippen molar-refractivity contribution in [2.45, 2.75) is 26.7 Å². The number of hydrogen-bond acceptors (Lipinski definition) is 0. The largest absolute Gasteiger partial charge is 0.0925 e. The molecule has 0 radical (unpaired) electrons. The lowest BCUT2D eigenvalue weighted by Gasteiger charge is -2.03. The minimum Gasteiger partial charge on any atom is -0.0925 e. The van der Waals surface area contributed by atoms with E-state index in [0.29, 0.717) is 0 Å². The van der Waals surface area contributed by atoms with Gasteiger partial charge in [0.15, 0.2) is 0 Å². The maximum absolute atomic E-state index is 3.41. The van der Waals surface area contributed by atoms with Gasteiger partial charge in [-0.15, -0.1) is 0 Å². The zero-order valence-electron chi connectivity index (χ0n) is 8.89. The average Bonchev–Trinajstić information content (AvgIpc) is 2.18. The molecule has 1 aromatic carbocycles. The van der Waals surface area contributed by atoms with Gasteiger partial charge < -0.3 is 0 Å². The molecule has 1 aromatic rings. The number of aryl methyl sites for hydroxylation is 2. The molecule has 0 saturated heterocycles. The summed E-state index contributed by atoms with van der Waals surface area (Å²) in [4.78, 5) is 0. The van der Waals surface area contributed by atoms with Gasteiger partial charge in [0.1, 0.15) is 0 Å². The average molecular weight is 253 g/mol. The van der Waals surface area contributed by atoms with Gasteiger partial charge in [-0.05, 0) is 37.8 Å². The second kappa shape index (κ2) is 6.02. The van der Waals surface area contributed by atoms with Crippen LogP contribution in [-0.2, 0) is 6.42 Å². The minimum absolute atomic E-state index is 1.05. The standard InChI is InChI=1S/C13H17Br/c1-11-7-8-12(2)13(10-11)6-4-3-5-9-14/h3-4,7-8,10H,5-6,9H2,1-2H3. The molecule has 14 heavy (non-hydrogen) atoms. The third kappa shape index (κ3) is 3.67. The third-order valence-electron chi connectivity index (χ3n) is 2.28. The van der Waals surface area contributed by atoms with Gasteiger partial charge >= 0.3 is 0 Å². The van der Waals surface area contributed by atoms with Gasteiger partial charge in [0.25, 0.3) is 0 Å². The molecule has 0 N–H and O–H groups in total. The van der Waals surface area contributed by atoms with Crippen molar-refractivity contribution in [3.8, 4) is 0 Å². The predicted molar refractivity (Wildman–Crippen MR) is 67.2 cm³/mol. The Morgan fingerprint density at radius 3 is 2.71 bits per heavy atom. The summed E-state index contributed by atoms with van der Waals surface area (Å²) in [6, 6.07) is 6.64. The molecule has 1 rings (SSSR count). The van der Waals surface area contributed by atoms with Crippen LogP contribution < -0.4 is 0 Å². The van der Waals surface area contributed by atoms with Crippen LogP contribution in [0.5, 0.6) is 0 Å². The lowest BCUT2D eigenvalue weighted by Crippen LogP contribution is -1.87. The van der Waals surface area contributed by atoms with Crippen LogP contribution in [0.4, 0.5) is 0 Å². The first-order valence-corrected chi connectivity index (χ1v) is 6.13. The van der Waals surface area contributed by atoms with Crippen LogP contribution >= 0.6 is 15.9 Å². The molecule has 0 saturated carbocycles. The number of alkyl halides is 1. The van der Waals surface area contributed by atoms with Crippen LogP contribution in [0.3, 0.4) is 0 Å². The van der Waals surface area contributed by atoms with E-state index in [1.54, 1.807) is 0 Å². The van der Waals surface area contributed by atoms with Crippen molar-refractivity contribution >= 4 is 15.9 Å². The molecule has 0 amide bonds. The summed E-state index contributed by atoms with van der Waals surface area (Å²) in [5, 5.41) is 1.05. The summed E-state index contributed by atoms with van der Waals surface area (Å²) in [6.45, 7) is 4.32. The first-order chi connectivity index (χ1) is 6.74. The fraction of sp³-hybridized carbons (Fsp3) is 0.385. The Morgan fingerprint density at radius 2 is 2.00 bits per heavy atom. The van der Waals surface area contributed by atoms with Crippen molar-refractivity contribution in [3.63, 3.8) is 0 Å². The van der Waals surface area contributed by atoms with E-state index in [0.717, 1.165) is 18.2 Å². The summed E-state index contributed by atoms with van der Waals surface area (Å²) in [7, 11) is 0.